The van der Waals surface area contributed by atoms with Gasteiger partial charge in [-0.15, -0.1) is 0 Å². The number of nitrogens with zero attached hydrogens (tertiary/aromatic N) is 3. The minimum atomic E-state index is 0.263. The summed E-state index contributed by atoms with van der Waals surface area (Å²) < 4.78 is 2.20. The third-order valence-electron chi connectivity index (χ3n) is 5.62. The fraction of sp³-hybridized carbons (Fsp3) is 0.500. The fourth-order valence-corrected chi connectivity index (χ4v) is 4.23. The third kappa shape index (κ3) is 3.61. The highest BCUT2D eigenvalue weighted by Gasteiger charge is 2.28. The minimum absolute atomic E-state index is 0.263. The van der Waals surface area contributed by atoms with Crippen molar-refractivity contribution in [3.63, 3.8) is 0 Å². The molecule has 0 bridgehead atoms. The average Bonchev–Trinajstić information content (AvgIpc) is 3.32. The van der Waals surface area contributed by atoms with Gasteiger partial charge in [-0.2, -0.15) is 0 Å². The number of hydrogen-bond donors (Lipinski definition) is 1. The highest BCUT2D eigenvalue weighted by atomic mass is 16.2. The molecule has 0 unspecified atom stereocenters. The van der Waals surface area contributed by atoms with Crippen molar-refractivity contribution in [2.24, 2.45) is 0 Å². The molecule has 1 aliphatic carbocycles. The van der Waals surface area contributed by atoms with E-state index in [1.807, 2.05) is 23.6 Å². The van der Waals surface area contributed by atoms with Gasteiger partial charge in [-0.3, -0.25) is 4.79 Å². The van der Waals surface area contributed by atoms with Crippen molar-refractivity contribution >= 4 is 5.91 Å². The van der Waals surface area contributed by atoms with Gasteiger partial charge in [-0.05, 0) is 36.8 Å². The maximum absolute atomic E-state index is 12.6. The Morgan fingerprint density at radius 2 is 2.12 bits per heavy atom. The van der Waals surface area contributed by atoms with Crippen molar-refractivity contribution in [3.05, 3.63) is 54.1 Å². The molecule has 0 spiro atoms. The lowest BCUT2D eigenvalue weighted by Gasteiger charge is -2.29. The first-order chi connectivity index (χ1) is 12.3. The molecule has 2 aliphatic rings. The number of benzene rings is 1. The topological polar surface area (TPSA) is 50.2 Å². The van der Waals surface area contributed by atoms with Gasteiger partial charge in [0.1, 0.15) is 0 Å². The molecule has 1 amide bonds. The van der Waals surface area contributed by atoms with Crippen LogP contribution in [0.15, 0.2) is 43.0 Å². The van der Waals surface area contributed by atoms with Crippen molar-refractivity contribution in [1.29, 1.82) is 0 Å². The van der Waals surface area contributed by atoms with E-state index in [9.17, 15) is 4.79 Å². The Balaban J connectivity index is 1.27. The fourth-order valence-electron chi connectivity index (χ4n) is 4.23. The first kappa shape index (κ1) is 16.3. The summed E-state index contributed by atoms with van der Waals surface area (Å²) in [5.74, 6) is 0.263. The Hall–Kier alpha value is -2.14. The molecule has 2 aromatic rings. The molecule has 1 N–H and O–H groups in total. The second kappa shape index (κ2) is 7.40. The Morgan fingerprint density at radius 3 is 2.96 bits per heavy atom. The summed E-state index contributed by atoms with van der Waals surface area (Å²) in [4.78, 5) is 18.7. The molecule has 1 saturated carbocycles. The van der Waals surface area contributed by atoms with Crippen molar-refractivity contribution in [2.45, 2.75) is 50.7 Å². The summed E-state index contributed by atoms with van der Waals surface area (Å²) in [6.45, 7) is 2.36. The van der Waals surface area contributed by atoms with E-state index in [1.165, 1.54) is 30.4 Å². The number of carbonyl (C=O) groups excluding carboxylic acids is 1. The Kier molecular flexibility index (Phi) is 4.83. The van der Waals surface area contributed by atoms with Crippen molar-refractivity contribution in [1.82, 2.24) is 19.8 Å². The number of rotatable bonds is 5. The molecular formula is C20H26N4O. The van der Waals surface area contributed by atoms with E-state index in [-0.39, 0.29) is 5.91 Å². The lowest BCUT2D eigenvalue weighted by molar-refractivity contribution is -0.132. The van der Waals surface area contributed by atoms with Gasteiger partial charge in [0.15, 0.2) is 0 Å². The number of amides is 1. The maximum atomic E-state index is 12.6. The zero-order chi connectivity index (χ0) is 17.1. The average molecular weight is 338 g/mol. The Morgan fingerprint density at radius 1 is 1.24 bits per heavy atom. The number of imidazole rings is 1. The van der Waals surface area contributed by atoms with E-state index >= 15 is 0 Å². The van der Waals surface area contributed by atoms with E-state index in [1.54, 1.807) is 0 Å². The molecule has 2 atom stereocenters. The van der Waals surface area contributed by atoms with Crippen LogP contribution in [0.5, 0.6) is 0 Å². The van der Waals surface area contributed by atoms with Crippen LogP contribution in [-0.2, 0) is 17.8 Å². The van der Waals surface area contributed by atoms with Gasteiger partial charge < -0.3 is 14.8 Å². The Bertz CT molecular complexity index is 712. The number of hydrogen-bond acceptors (Lipinski definition) is 3. The molecule has 25 heavy (non-hydrogen) atoms. The normalized spacial score (nSPS) is 22.8. The first-order valence-electron chi connectivity index (χ1n) is 9.36. The standard InChI is InChI=1S/C20H26N4O/c25-20(23-12-9-16-4-1-2-5-17(16)14-23)8-10-22-18-6-3-7-19(18)24-13-11-21-15-24/h1-2,4-5,11,13,15,18-19,22H,3,6-10,12,14H2/t18-,19+/m1/s1. The number of nitrogens with one attached hydrogen (secondary N) is 1. The summed E-state index contributed by atoms with van der Waals surface area (Å²) in [6, 6.07) is 9.38. The van der Waals surface area contributed by atoms with Gasteiger partial charge >= 0.3 is 0 Å². The molecule has 0 saturated heterocycles. The third-order valence-corrected chi connectivity index (χ3v) is 5.62. The summed E-state index contributed by atoms with van der Waals surface area (Å²) in [5, 5.41) is 3.61. The van der Waals surface area contributed by atoms with Crippen LogP contribution >= 0.6 is 0 Å². The van der Waals surface area contributed by atoms with Crippen LogP contribution in [0.1, 0.15) is 42.9 Å². The lowest BCUT2D eigenvalue weighted by Crippen LogP contribution is -2.39. The van der Waals surface area contributed by atoms with E-state index in [0.717, 1.165) is 26.1 Å². The molecule has 1 aliphatic heterocycles. The molecule has 1 fully saturated rings. The summed E-state index contributed by atoms with van der Waals surface area (Å²) >= 11 is 0. The van der Waals surface area contributed by atoms with Crippen molar-refractivity contribution in [3.8, 4) is 0 Å². The molecule has 4 rings (SSSR count). The highest BCUT2D eigenvalue weighted by molar-refractivity contribution is 5.76. The van der Waals surface area contributed by atoms with E-state index in [0.29, 0.717) is 18.5 Å². The summed E-state index contributed by atoms with van der Waals surface area (Å²) in [5.41, 5.74) is 2.69. The molecule has 0 radical (unpaired) electrons. The van der Waals surface area contributed by atoms with Crippen LogP contribution in [0, 0.1) is 0 Å². The van der Waals surface area contributed by atoms with Crippen LogP contribution in [0.2, 0.25) is 0 Å². The zero-order valence-electron chi connectivity index (χ0n) is 14.6. The SMILES string of the molecule is O=C(CCN[C@@H]1CCC[C@@H]1n1ccnc1)N1CCc2ccccc2C1. The van der Waals surface area contributed by atoms with Crippen molar-refractivity contribution in [2.75, 3.05) is 13.1 Å². The first-order valence-corrected chi connectivity index (χ1v) is 9.36. The van der Waals surface area contributed by atoms with Gasteiger partial charge in [0.25, 0.3) is 0 Å². The van der Waals surface area contributed by atoms with Gasteiger partial charge in [0.2, 0.25) is 5.91 Å². The Labute approximate surface area is 149 Å². The molecule has 5 nitrogen and oxygen atoms in total. The van der Waals surface area contributed by atoms with Gasteiger partial charge in [-0.1, -0.05) is 24.3 Å². The smallest absolute Gasteiger partial charge is 0.224 e. The molecular weight excluding hydrogens is 312 g/mol. The second-order valence-corrected chi connectivity index (χ2v) is 7.15. The number of carbonyl (C=O) groups is 1. The molecule has 2 heterocycles. The van der Waals surface area contributed by atoms with E-state index < -0.39 is 0 Å². The highest BCUT2D eigenvalue weighted by Crippen LogP contribution is 2.29. The second-order valence-electron chi connectivity index (χ2n) is 7.15. The van der Waals surface area contributed by atoms with Crippen molar-refractivity contribution < 1.29 is 4.79 Å². The molecule has 1 aromatic carbocycles. The van der Waals surface area contributed by atoms with Crippen LogP contribution < -0.4 is 5.32 Å². The summed E-state index contributed by atoms with van der Waals surface area (Å²) in [6.07, 6.45) is 10.9. The van der Waals surface area contributed by atoms with E-state index in [2.05, 4.69) is 39.1 Å². The number of fused-ring (bicyclic) bond motifs is 1. The van der Waals surface area contributed by atoms with Crippen LogP contribution in [0.25, 0.3) is 0 Å². The van der Waals surface area contributed by atoms with Gasteiger partial charge in [0, 0.05) is 50.5 Å². The largest absolute Gasteiger partial charge is 0.338 e. The van der Waals surface area contributed by atoms with Gasteiger partial charge in [-0.25, -0.2) is 4.98 Å². The zero-order valence-corrected chi connectivity index (χ0v) is 14.6. The summed E-state index contributed by atoms with van der Waals surface area (Å²) in [7, 11) is 0. The van der Waals surface area contributed by atoms with Crippen LogP contribution in [0.3, 0.4) is 0 Å². The predicted molar refractivity (Wildman–Crippen MR) is 97.1 cm³/mol. The molecule has 5 heteroatoms. The molecule has 1 aromatic heterocycles. The quantitative estimate of drug-likeness (QED) is 0.911. The monoisotopic (exact) mass is 338 g/mol. The van der Waals surface area contributed by atoms with Crippen LogP contribution in [0.4, 0.5) is 0 Å². The van der Waals surface area contributed by atoms with E-state index in [4.69, 9.17) is 0 Å². The molecule has 132 valence electrons. The minimum Gasteiger partial charge on any atom is -0.338 e. The maximum Gasteiger partial charge on any atom is 0.224 e. The number of aromatic nitrogens is 2. The van der Waals surface area contributed by atoms with Gasteiger partial charge in [0.05, 0.1) is 6.33 Å². The predicted octanol–water partition coefficient (Wildman–Crippen LogP) is 2.54. The lowest BCUT2D eigenvalue weighted by atomic mass is 10.00. The van der Waals surface area contributed by atoms with Crippen LogP contribution in [-0.4, -0.2) is 39.5 Å².